The molecule has 1 aliphatic rings. The van der Waals surface area contributed by atoms with Crippen LogP contribution in [0.1, 0.15) is 54.7 Å². The fourth-order valence-corrected chi connectivity index (χ4v) is 4.31. The number of piperidine rings is 1. The average Bonchev–Trinajstić information content (AvgIpc) is 3.43. The second-order valence-corrected chi connectivity index (χ2v) is 8.33. The highest BCUT2D eigenvalue weighted by molar-refractivity contribution is 5.68. The summed E-state index contributed by atoms with van der Waals surface area (Å²) in [6.07, 6.45) is 6.61. The number of hydrogen-bond acceptors (Lipinski definition) is 8. The van der Waals surface area contributed by atoms with Crippen LogP contribution in [0.4, 0.5) is 0 Å². The molecule has 1 fully saturated rings. The van der Waals surface area contributed by atoms with Crippen molar-refractivity contribution in [3.8, 4) is 23.2 Å². The first-order valence-electron chi connectivity index (χ1n) is 11.0. The lowest BCUT2D eigenvalue weighted by molar-refractivity contribution is 0.209. The highest BCUT2D eigenvalue weighted by Gasteiger charge is 2.22. The third kappa shape index (κ3) is 3.91. The van der Waals surface area contributed by atoms with Gasteiger partial charge in [0.15, 0.2) is 0 Å². The maximum Gasteiger partial charge on any atom is 0.201 e. The van der Waals surface area contributed by atoms with Crippen molar-refractivity contribution in [3.05, 3.63) is 53.5 Å². The molecule has 1 N–H and O–H groups in total. The van der Waals surface area contributed by atoms with E-state index in [1.807, 2.05) is 37.6 Å². The molecule has 0 bridgehead atoms. The lowest BCUT2D eigenvalue weighted by atomic mass is 10.1. The van der Waals surface area contributed by atoms with Crippen LogP contribution >= 0.6 is 0 Å². The molecule has 0 saturated carbocycles. The van der Waals surface area contributed by atoms with E-state index in [4.69, 9.17) is 4.74 Å². The Bertz CT molecular complexity index is 1340. The molecule has 10 heteroatoms. The fourth-order valence-electron chi connectivity index (χ4n) is 4.31. The number of hydrogen-bond donors (Lipinski definition) is 1. The summed E-state index contributed by atoms with van der Waals surface area (Å²) >= 11 is 0. The van der Waals surface area contributed by atoms with E-state index in [1.54, 1.807) is 23.0 Å². The zero-order chi connectivity index (χ0) is 22.9. The van der Waals surface area contributed by atoms with Gasteiger partial charge in [-0.2, -0.15) is 5.26 Å². The van der Waals surface area contributed by atoms with Gasteiger partial charge in [-0.15, -0.1) is 5.10 Å². The maximum atomic E-state index is 9.59. The number of nitriles is 1. The first-order chi connectivity index (χ1) is 16.0. The number of imidazole rings is 1. The summed E-state index contributed by atoms with van der Waals surface area (Å²) in [7, 11) is 0. The minimum atomic E-state index is -0.378. The minimum Gasteiger partial charge on any atom is -0.469 e. The minimum absolute atomic E-state index is 0.337. The van der Waals surface area contributed by atoms with Gasteiger partial charge in [0.2, 0.25) is 5.88 Å². The van der Waals surface area contributed by atoms with E-state index in [2.05, 4.69) is 36.7 Å². The number of rotatable bonds is 5. The molecular weight excluding hydrogens is 418 g/mol. The van der Waals surface area contributed by atoms with E-state index in [0.717, 1.165) is 48.6 Å². The predicted octanol–water partition coefficient (Wildman–Crippen LogP) is 2.94. The highest BCUT2D eigenvalue weighted by Crippen LogP contribution is 2.32. The zero-order valence-electron chi connectivity index (χ0n) is 18.9. The Morgan fingerprint density at radius 2 is 2.00 bits per heavy atom. The van der Waals surface area contributed by atoms with Gasteiger partial charge < -0.3 is 10.1 Å². The fraction of sp³-hybridized carbons (Fsp3) is 0.391. The van der Waals surface area contributed by atoms with Gasteiger partial charge in [0, 0.05) is 17.8 Å². The first-order valence-corrected chi connectivity index (χ1v) is 11.0. The van der Waals surface area contributed by atoms with Gasteiger partial charge in [0.05, 0.1) is 35.5 Å². The van der Waals surface area contributed by atoms with E-state index >= 15 is 0 Å². The van der Waals surface area contributed by atoms with Crippen LogP contribution in [0, 0.1) is 25.2 Å². The molecule has 10 nitrogen and oxygen atoms in total. The molecule has 1 unspecified atom stereocenters. The monoisotopic (exact) mass is 443 g/mol. The molecule has 4 aromatic heterocycles. The van der Waals surface area contributed by atoms with Crippen LogP contribution < -0.4 is 10.1 Å². The number of nitrogens with zero attached hydrogens (tertiary/aromatic N) is 8. The van der Waals surface area contributed by atoms with Crippen molar-refractivity contribution in [1.29, 1.82) is 5.26 Å². The smallest absolute Gasteiger partial charge is 0.201 e. The van der Waals surface area contributed by atoms with Gasteiger partial charge in [0.1, 0.15) is 29.2 Å². The Balaban J connectivity index is 1.56. The van der Waals surface area contributed by atoms with Crippen molar-refractivity contribution in [2.24, 2.45) is 0 Å². The molecule has 0 spiro atoms. The number of pyridine rings is 1. The zero-order valence-corrected chi connectivity index (χ0v) is 18.9. The predicted molar refractivity (Wildman–Crippen MR) is 121 cm³/mol. The molecule has 168 valence electrons. The quantitative estimate of drug-likeness (QED) is 0.500. The molecule has 4 aromatic rings. The maximum absolute atomic E-state index is 9.59. The van der Waals surface area contributed by atoms with E-state index in [1.165, 1.54) is 0 Å². The summed E-state index contributed by atoms with van der Waals surface area (Å²) < 4.78 is 10.0. The van der Waals surface area contributed by atoms with Gasteiger partial charge in [-0.25, -0.2) is 9.67 Å². The lowest BCUT2D eigenvalue weighted by Crippen LogP contribution is -2.30. The molecule has 1 aliphatic heterocycles. The molecule has 0 aliphatic carbocycles. The third-order valence-corrected chi connectivity index (χ3v) is 6.03. The molecule has 1 atom stereocenters. The van der Waals surface area contributed by atoms with Gasteiger partial charge in [-0.3, -0.25) is 14.4 Å². The normalized spacial score (nSPS) is 15.5. The van der Waals surface area contributed by atoms with E-state index < -0.39 is 0 Å². The highest BCUT2D eigenvalue weighted by atomic mass is 16.5. The van der Waals surface area contributed by atoms with Crippen LogP contribution in [0.3, 0.4) is 0 Å². The number of nitrogens with one attached hydrogen (secondary N) is 1. The summed E-state index contributed by atoms with van der Waals surface area (Å²) in [5.74, 6) is 0.489. The number of fused-ring (bicyclic) bond motifs is 1. The molecule has 5 heterocycles. The summed E-state index contributed by atoms with van der Waals surface area (Å²) in [5, 5.41) is 21.9. The SMILES string of the molecule is Cc1cncc(C(C)Oc2cc(-c3nnn(C4CCNCC4)c3C)cc3ncc(C#N)n23)n1. The van der Waals surface area contributed by atoms with Crippen LogP contribution in [0.25, 0.3) is 16.9 Å². The van der Waals surface area contributed by atoms with Gasteiger partial charge in [-0.1, -0.05) is 5.21 Å². The summed E-state index contributed by atoms with van der Waals surface area (Å²) in [6, 6.07) is 6.32. The summed E-state index contributed by atoms with van der Waals surface area (Å²) in [4.78, 5) is 13.2. The average molecular weight is 444 g/mol. The van der Waals surface area contributed by atoms with Crippen molar-refractivity contribution in [1.82, 2.24) is 39.7 Å². The van der Waals surface area contributed by atoms with Crippen molar-refractivity contribution in [2.45, 2.75) is 45.8 Å². The largest absolute Gasteiger partial charge is 0.469 e. The summed E-state index contributed by atoms with van der Waals surface area (Å²) in [5.41, 5.74) is 5.15. The third-order valence-electron chi connectivity index (χ3n) is 6.03. The Morgan fingerprint density at radius 1 is 1.18 bits per heavy atom. The van der Waals surface area contributed by atoms with Crippen molar-refractivity contribution >= 4 is 5.65 Å². The van der Waals surface area contributed by atoms with Crippen LogP contribution in [-0.2, 0) is 0 Å². The van der Waals surface area contributed by atoms with Crippen LogP contribution in [-0.4, -0.2) is 47.4 Å². The number of aryl methyl sites for hydroxylation is 1. The topological polar surface area (TPSA) is 119 Å². The molecule has 0 amide bonds. The molecule has 0 aromatic carbocycles. The van der Waals surface area contributed by atoms with Gasteiger partial charge in [0.25, 0.3) is 0 Å². The second kappa shape index (κ2) is 8.60. The summed E-state index contributed by atoms with van der Waals surface area (Å²) in [6.45, 7) is 7.80. The standard InChI is InChI=1S/C23H25N9O/c1-14-11-26-13-20(28-14)16(3)33-22-9-17(8-21-27-12-19(10-24)31(21)22)23-15(2)32(30-29-23)18-4-6-25-7-5-18/h8-9,11-13,16,18,25H,4-7H2,1-3H3. The Hall–Kier alpha value is -3.84. The Kier molecular flexibility index (Phi) is 5.48. The van der Waals surface area contributed by atoms with Crippen LogP contribution in [0.5, 0.6) is 5.88 Å². The number of aromatic nitrogens is 7. The van der Waals surface area contributed by atoms with Crippen LogP contribution in [0.15, 0.2) is 30.7 Å². The second-order valence-electron chi connectivity index (χ2n) is 8.33. The first kappa shape index (κ1) is 21.0. The molecule has 0 radical (unpaired) electrons. The van der Waals surface area contributed by atoms with E-state index in [-0.39, 0.29) is 6.10 Å². The van der Waals surface area contributed by atoms with Gasteiger partial charge in [-0.05, 0) is 52.8 Å². The molecule has 5 rings (SSSR count). The van der Waals surface area contributed by atoms with E-state index in [0.29, 0.717) is 29.0 Å². The lowest BCUT2D eigenvalue weighted by Gasteiger charge is -2.23. The molecule has 1 saturated heterocycles. The number of ether oxygens (including phenoxy) is 1. The Morgan fingerprint density at radius 3 is 2.76 bits per heavy atom. The van der Waals surface area contributed by atoms with Crippen LogP contribution in [0.2, 0.25) is 0 Å². The Labute approximate surface area is 191 Å². The van der Waals surface area contributed by atoms with Crippen molar-refractivity contribution < 1.29 is 4.74 Å². The van der Waals surface area contributed by atoms with E-state index in [9.17, 15) is 5.26 Å². The molecular formula is C23H25N9O. The molecule has 33 heavy (non-hydrogen) atoms. The van der Waals surface area contributed by atoms with Crippen molar-refractivity contribution in [2.75, 3.05) is 13.1 Å². The van der Waals surface area contributed by atoms with Crippen molar-refractivity contribution in [3.63, 3.8) is 0 Å². The van der Waals surface area contributed by atoms with Gasteiger partial charge >= 0.3 is 0 Å².